The molecule has 1 aliphatic carbocycles. The van der Waals surface area contributed by atoms with Crippen LogP contribution < -0.4 is 5.32 Å². The second kappa shape index (κ2) is 6.40. The fraction of sp³-hybridized carbons (Fsp3) is 0.143. The van der Waals surface area contributed by atoms with E-state index in [-0.39, 0.29) is 11.8 Å². The number of phenolic OH excluding ortho intramolecular Hbond substituents is 1. The number of fused-ring (bicyclic) bond motifs is 1. The van der Waals surface area contributed by atoms with Crippen LogP contribution in [0.2, 0.25) is 0 Å². The minimum Gasteiger partial charge on any atom is -0.508 e. The van der Waals surface area contributed by atoms with E-state index in [2.05, 4.69) is 40.4 Å². The molecule has 0 spiro atoms. The molecule has 0 amide bonds. The molecule has 2 N–H and O–H groups in total. The lowest BCUT2D eigenvalue weighted by molar-refractivity contribution is 0.475. The average Bonchev–Trinajstić information content (AvgIpc) is 3.08. The van der Waals surface area contributed by atoms with Gasteiger partial charge in [0.25, 0.3) is 0 Å². The highest BCUT2D eigenvalue weighted by atomic mass is 16.3. The summed E-state index contributed by atoms with van der Waals surface area (Å²) in [5, 5.41) is 13.0. The van der Waals surface area contributed by atoms with Gasteiger partial charge in [-0.15, -0.1) is 0 Å². The van der Waals surface area contributed by atoms with Crippen LogP contribution in [-0.4, -0.2) is 15.1 Å². The normalized spacial score (nSPS) is 13.9. The van der Waals surface area contributed by atoms with Crippen LogP contribution in [0.5, 0.6) is 5.75 Å². The van der Waals surface area contributed by atoms with Crippen molar-refractivity contribution in [2.24, 2.45) is 0 Å². The van der Waals surface area contributed by atoms with Crippen molar-refractivity contribution in [3.8, 4) is 5.75 Å². The van der Waals surface area contributed by atoms with E-state index in [1.807, 2.05) is 30.3 Å². The van der Waals surface area contributed by atoms with Crippen molar-refractivity contribution < 1.29 is 5.11 Å². The number of phenols is 1. The Balaban J connectivity index is 1.63. The molecule has 0 fully saturated rings. The smallest absolute Gasteiger partial charge is 0.137 e. The third kappa shape index (κ3) is 3.11. The van der Waals surface area contributed by atoms with Gasteiger partial charge in [-0.05, 0) is 41.8 Å². The van der Waals surface area contributed by atoms with Gasteiger partial charge in [0, 0.05) is 18.0 Å². The average molecular weight is 329 g/mol. The van der Waals surface area contributed by atoms with E-state index in [0.717, 1.165) is 29.1 Å². The molecule has 4 heteroatoms. The monoisotopic (exact) mass is 329 g/mol. The predicted molar refractivity (Wildman–Crippen MR) is 100 cm³/mol. The highest BCUT2D eigenvalue weighted by Gasteiger charge is 2.20. The van der Waals surface area contributed by atoms with E-state index in [0.29, 0.717) is 0 Å². The molecule has 2 aromatic carbocycles. The lowest BCUT2D eigenvalue weighted by Crippen LogP contribution is -2.10. The van der Waals surface area contributed by atoms with Crippen LogP contribution in [-0.2, 0) is 6.42 Å². The number of anilines is 1. The van der Waals surface area contributed by atoms with E-state index in [1.165, 1.54) is 11.1 Å². The van der Waals surface area contributed by atoms with Gasteiger partial charge in [0.2, 0.25) is 0 Å². The Bertz CT molecular complexity index is 918. The second-order valence-corrected chi connectivity index (χ2v) is 6.25. The maximum atomic E-state index is 9.47. The summed E-state index contributed by atoms with van der Waals surface area (Å²) in [5.74, 6) is 1.13. The van der Waals surface area contributed by atoms with Gasteiger partial charge < -0.3 is 10.4 Å². The van der Waals surface area contributed by atoms with E-state index < -0.39 is 0 Å². The highest BCUT2D eigenvalue weighted by molar-refractivity contribution is 5.91. The van der Waals surface area contributed by atoms with Gasteiger partial charge in [-0.2, -0.15) is 0 Å². The fourth-order valence-electron chi connectivity index (χ4n) is 3.14. The molecular weight excluding hydrogens is 310 g/mol. The Hall–Kier alpha value is -3.14. The second-order valence-electron chi connectivity index (χ2n) is 6.25. The summed E-state index contributed by atoms with van der Waals surface area (Å²) in [6.45, 7) is 2.13. The zero-order valence-corrected chi connectivity index (χ0v) is 14.0. The Kier molecular flexibility index (Phi) is 3.94. The molecule has 1 aromatic heterocycles. The largest absolute Gasteiger partial charge is 0.508 e. The van der Waals surface area contributed by atoms with Crippen molar-refractivity contribution in [1.82, 2.24) is 9.97 Å². The van der Waals surface area contributed by atoms with E-state index >= 15 is 0 Å². The van der Waals surface area contributed by atoms with Crippen LogP contribution in [0, 0.1) is 0 Å². The van der Waals surface area contributed by atoms with Crippen LogP contribution in [0.4, 0.5) is 5.82 Å². The zero-order valence-electron chi connectivity index (χ0n) is 14.0. The Labute approximate surface area is 146 Å². The summed E-state index contributed by atoms with van der Waals surface area (Å²) in [5.41, 5.74) is 5.58. The Morgan fingerprint density at radius 2 is 1.76 bits per heavy atom. The summed E-state index contributed by atoms with van der Waals surface area (Å²) in [4.78, 5) is 8.89. The molecule has 124 valence electrons. The van der Waals surface area contributed by atoms with Crippen LogP contribution in [0.3, 0.4) is 0 Å². The molecule has 4 rings (SSSR count). The molecule has 0 radical (unpaired) electrons. The molecule has 0 bridgehead atoms. The molecule has 25 heavy (non-hydrogen) atoms. The maximum absolute atomic E-state index is 9.47. The number of aromatic hydroxyl groups is 1. The molecule has 0 unspecified atom stereocenters. The minimum absolute atomic E-state index is 0.159. The number of nitrogens with one attached hydrogen (secondary N) is 1. The van der Waals surface area contributed by atoms with Gasteiger partial charge in [-0.1, -0.05) is 42.5 Å². The molecular formula is C21H19N3O. The van der Waals surface area contributed by atoms with Gasteiger partial charge in [0.05, 0.1) is 5.69 Å². The summed E-state index contributed by atoms with van der Waals surface area (Å²) in [7, 11) is 0. The highest BCUT2D eigenvalue weighted by Crippen LogP contribution is 2.34. The molecule has 4 nitrogen and oxygen atoms in total. The summed E-state index contributed by atoms with van der Waals surface area (Å²) < 4.78 is 0. The number of hydrogen-bond acceptors (Lipinski definition) is 4. The van der Waals surface area contributed by atoms with Gasteiger partial charge in [0.1, 0.15) is 17.9 Å². The summed E-state index contributed by atoms with van der Waals surface area (Å²) >= 11 is 0. The van der Waals surface area contributed by atoms with Gasteiger partial charge in [-0.3, -0.25) is 0 Å². The molecule has 1 atom stereocenters. The van der Waals surface area contributed by atoms with Gasteiger partial charge >= 0.3 is 0 Å². The van der Waals surface area contributed by atoms with E-state index in [1.54, 1.807) is 18.5 Å². The van der Waals surface area contributed by atoms with E-state index in [9.17, 15) is 5.11 Å². The number of benzene rings is 2. The van der Waals surface area contributed by atoms with Crippen molar-refractivity contribution in [3.63, 3.8) is 0 Å². The topological polar surface area (TPSA) is 58.0 Å². The quantitative estimate of drug-likeness (QED) is 0.742. The first-order chi connectivity index (χ1) is 12.2. The van der Waals surface area contributed by atoms with Crippen LogP contribution in [0.1, 0.15) is 35.3 Å². The first-order valence-corrected chi connectivity index (χ1v) is 8.36. The summed E-state index contributed by atoms with van der Waals surface area (Å²) in [6, 6.07) is 17.8. The van der Waals surface area contributed by atoms with Crippen LogP contribution in [0.15, 0.2) is 60.9 Å². The summed E-state index contributed by atoms with van der Waals surface area (Å²) in [6.07, 6.45) is 4.53. The third-order valence-electron chi connectivity index (χ3n) is 4.53. The number of allylic oxidation sites excluding steroid dienone is 1. The molecule has 1 aliphatic rings. The van der Waals surface area contributed by atoms with Crippen molar-refractivity contribution in [1.29, 1.82) is 0 Å². The molecule has 3 aromatic rings. The number of aromatic nitrogens is 2. The van der Waals surface area contributed by atoms with Crippen LogP contribution in [0.25, 0.3) is 11.6 Å². The molecule has 1 heterocycles. The fourth-order valence-corrected chi connectivity index (χ4v) is 3.14. The minimum atomic E-state index is 0.159. The van der Waals surface area contributed by atoms with Crippen molar-refractivity contribution in [2.45, 2.75) is 19.4 Å². The number of rotatable bonds is 4. The lowest BCUT2D eigenvalue weighted by atomic mass is 10.1. The Morgan fingerprint density at radius 1 is 1.00 bits per heavy atom. The molecule has 0 saturated carbocycles. The van der Waals surface area contributed by atoms with Crippen molar-refractivity contribution >= 4 is 17.5 Å². The van der Waals surface area contributed by atoms with Crippen LogP contribution >= 0.6 is 0 Å². The lowest BCUT2D eigenvalue weighted by Gasteiger charge is -2.16. The van der Waals surface area contributed by atoms with Gasteiger partial charge in [0.15, 0.2) is 0 Å². The SMILES string of the molecule is C[C@@H](Nc1ncnc2c1C=C(c1ccc(O)cc1)C2)c1ccccc1. The zero-order chi connectivity index (χ0) is 17.2. The number of nitrogens with zero attached hydrogens (tertiary/aromatic N) is 2. The third-order valence-corrected chi connectivity index (χ3v) is 4.53. The first kappa shape index (κ1) is 15.4. The Morgan fingerprint density at radius 3 is 2.52 bits per heavy atom. The molecule has 0 aliphatic heterocycles. The molecule has 0 saturated heterocycles. The predicted octanol–water partition coefficient (Wildman–Crippen LogP) is 4.45. The standard InChI is InChI=1S/C21H19N3O/c1-14(15-5-3-2-4-6-15)24-21-19-11-17(12-20(19)22-13-23-21)16-7-9-18(25)10-8-16/h2-11,13-14,25H,12H2,1H3,(H,22,23,24)/t14-/m1/s1. The van der Waals surface area contributed by atoms with E-state index in [4.69, 9.17) is 0 Å². The van der Waals surface area contributed by atoms with Crippen molar-refractivity contribution in [3.05, 3.63) is 83.3 Å². The first-order valence-electron chi connectivity index (χ1n) is 8.36. The number of hydrogen-bond donors (Lipinski definition) is 2. The maximum Gasteiger partial charge on any atom is 0.137 e. The van der Waals surface area contributed by atoms with Crippen molar-refractivity contribution in [2.75, 3.05) is 5.32 Å². The van der Waals surface area contributed by atoms with Gasteiger partial charge in [-0.25, -0.2) is 9.97 Å².